The highest BCUT2D eigenvalue weighted by Gasteiger charge is 2.19. The van der Waals surface area contributed by atoms with Gasteiger partial charge in [-0.1, -0.05) is 45.0 Å². The fourth-order valence-corrected chi connectivity index (χ4v) is 1.96. The van der Waals surface area contributed by atoms with Crippen molar-refractivity contribution >= 4 is 5.88 Å². The summed E-state index contributed by atoms with van der Waals surface area (Å²) in [7, 11) is 0. The van der Waals surface area contributed by atoms with Gasteiger partial charge in [0, 0.05) is 0 Å². The van der Waals surface area contributed by atoms with Crippen LogP contribution in [0.1, 0.15) is 43.7 Å². The fourth-order valence-electron chi connectivity index (χ4n) is 1.96. The molecule has 1 aromatic carbocycles. The zero-order valence-electron chi connectivity index (χ0n) is 11.8. The molecule has 5 nitrogen and oxygen atoms in total. The molecular formula is C15H18N2O3. The van der Waals surface area contributed by atoms with Crippen LogP contribution >= 0.6 is 0 Å². The highest BCUT2D eigenvalue weighted by atomic mass is 16.6. The van der Waals surface area contributed by atoms with Crippen LogP contribution in [0.3, 0.4) is 0 Å². The van der Waals surface area contributed by atoms with Crippen molar-refractivity contribution in [3.8, 4) is 0 Å². The van der Waals surface area contributed by atoms with Crippen LogP contribution in [0, 0.1) is 10.1 Å². The minimum atomic E-state index is -0.571. The van der Waals surface area contributed by atoms with Crippen LogP contribution in [0.2, 0.25) is 0 Å². The van der Waals surface area contributed by atoms with E-state index in [0.717, 1.165) is 5.56 Å². The van der Waals surface area contributed by atoms with Gasteiger partial charge in [0.25, 0.3) is 0 Å². The molecule has 0 fully saturated rings. The Morgan fingerprint density at radius 3 is 2.20 bits per heavy atom. The molecule has 0 aliphatic heterocycles. The highest BCUT2D eigenvalue weighted by Crippen LogP contribution is 2.27. The zero-order chi connectivity index (χ0) is 14.9. The standard InChI is InChI=1S/C15H18N2O3/c1-15(2,3)11-6-4-10(5-7-11)14(16)12-8-9-13(20-12)17(18)19/h4-9,14H,16H2,1-3H3. The Labute approximate surface area is 117 Å². The largest absolute Gasteiger partial charge is 0.433 e. The van der Waals surface area contributed by atoms with Crippen LogP contribution in [0.5, 0.6) is 0 Å². The van der Waals surface area contributed by atoms with E-state index < -0.39 is 11.0 Å². The van der Waals surface area contributed by atoms with E-state index in [1.165, 1.54) is 11.6 Å². The summed E-state index contributed by atoms with van der Waals surface area (Å²) in [5.41, 5.74) is 8.22. The second-order valence-electron chi connectivity index (χ2n) is 5.78. The first-order valence-electron chi connectivity index (χ1n) is 6.39. The van der Waals surface area contributed by atoms with Crippen molar-refractivity contribution in [3.05, 3.63) is 63.4 Å². The van der Waals surface area contributed by atoms with E-state index in [9.17, 15) is 10.1 Å². The fraction of sp³-hybridized carbons (Fsp3) is 0.333. The lowest BCUT2D eigenvalue weighted by Gasteiger charge is -2.19. The van der Waals surface area contributed by atoms with E-state index in [1.807, 2.05) is 24.3 Å². The van der Waals surface area contributed by atoms with Gasteiger partial charge in [-0.2, -0.15) is 0 Å². The van der Waals surface area contributed by atoms with Gasteiger partial charge in [0.05, 0.1) is 12.1 Å². The Kier molecular flexibility index (Phi) is 3.63. The van der Waals surface area contributed by atoms with Gasteiger partial charge in [0.2, 0.25) is 0 Å². The maximum Gasteiger partial charge on any atom is 0.433 e. The molecule has 0 amide bonds. The summed E-state index contributed by atoms with van der Waals surface area (Å²) in [4.78, 5) is 10.0. The maximum absolute atomic E-state index is 10.6. The van der Waals surface area contributed by atoms with Crippen LogP contribution in [0.25, 0.3) is 0 Å². The first-order valence-corrected chi connectivity index (χ1v) is 6.39. The minimum Gasteiger partial charge on any atom is -0.404 e. The lowest BCUT2D eigenvalue weighted by atomic mass is 9.86. The molecule has 1 aromatic heterocycles. The summed E-state index contributed by atoms with van der Waals surface area (Å²) in [5, 5.41) is 10.6. The third-order valence-electron chi connectivity index (χ3n) is 3.23. The Morgan fingerprint density at radius 2 is 1.75 bits per heavy atom. The van der Waals surface area contributed by atoms with Crippen LogP contribution in [0.15, 0.2) is 40.8 Å². The molecule has 0 bridgehead atoms. The van der Waals surface area contributed by atoms with E-state index in [1.54, 1.807) is 6.07 Å². The summed E-state index contributed by atoms with van der Waals surface area (Å²) in [6, 6.07) is 10.3. The lowest BCUT2D eigenvalue weighted by molar-refractivity contribution is -0.402. The number of nitrogens with two attached hydrogens (primary N) is 1. The van der Waals surface area contributed by atoms with Gasteiger partial charge >= 0.3 is 5.88 Å². The number of benzene rings is 1. The number of nitrogens with zero attached hydrogens (tertiary/aromatic N) is 1. The van der Waals surface area contributed by atoms with Crippen molar-refractivity contribution in [1.82, 2.24) is 0 Å². The highest BCUT2D eigenvalue weighted by molar-refractivity contribution is 5.33. The van der Waals surface area contributed by atoms with Crippen molar-refractivity contribution in [2.45, 2.75) is 32.2 Å². The molecule has 1 heterocycles. The summed E-state index contributed by atoms with van der Waals surface area (Å²) in [6.07, 6.45) is 0. The molecular weight excluding hydrogens is 256 g/mol. The number of hydrogen-bond donors (Lipinski definition) is 1. The first kappa shape index (κ1) is 14.3. The molecule has 106 valence electrons. The Bertz CT molecular complexity index is 609. The lowest BCUT2D eigenvalue weighted by Crippen LogP contribution is -2.13. The smallest absolute Gasteiger partial charge is 0.404 e. The molecule has 0 radical (unpaired) electrons. The van der Waals surface area contributed by atoms with Gasteiger partial charge < -0.3 is 10.2 Å². The van der Waals surface area contributed by atoms with Gasteiger partial charge in [-0.15, -0.1) is 0 Å². The van der Waals surface area contributed by atoms with Crippen LogP contribution in [-0.4, -0.2) is 4.92 Å². The summed E-state index contributed by atoms with van der Waals surface area (Å²) in [5.74, 6) is 0.0990. The van der Waals surface area contributed by atoms with E-state index in [0.29, 0.717) is 5.76 Å². The predicted octanol–water partition coefficient (Wildman–Crippen LogP) is 3.53. The summed E-state index contributed by atoms with van der Waals surface area (Å²) < 4.78 is 5.13. The van der Waals surface area contributed by atoms with E-state index in [4.69, 9.17) is 10.2 Å². The van der Waals surface area contributed by atoms with Crippen molar-refractivity contribution in [2.24, 2.45) is 5.73 Å². The third kappa shape index (κ3) is 2.88. The molecule has 1 unspecified atom stereocenters. The van der Waals surface area contributed by atoms with Crippen molar-refractivity contribution in [2.75, 3.05) is 0 Å². The number of hydrogen-bond acceptors (Lipinski definition) is 4. The molecule has 0 aliphatic rings. The molecule has 0 aliphatic carbocycles. The molecule has 1 atom stereocenters. The molecule has 2 rings (SSSR count). The van der Waals surface area contributed by atoms with Crippen molar-refractivity contribution in [1.29, 1.82) is 0 Å². The maximum atomic E-state index is 10.6. The number of furan rings is 1. The van der Waals surface area contributed by atoms with Gasteiger partial charge in [0.1, 0.15) is 10.7 Å². The van der Waals surface area contributed by atoms with Gasteiger partial charge in [0.15, 0.2) is 0 Å². The summed E-state index contributed by atoms with van der Waals surface area (Å²) >= 11 is 0. The van der Waals surface area contributed by atoms with Crippen LogP contribution in [0.4, 0.5) is 5.88 Å². The van der Waals surface area contributed by atoms with Crippen molar-refractivity contribution < 1.29 is 9.34 Å². The van der Waals surface area contributed by atoms with E-state index in [-0.39, 0.29) is 11.3 Å². The molecule has 0 saturated carbocycles. The molecule has 5 heteroatoms. The monoisotopic (exact) mass is 274 g/mol. The summed E-state index contributed by atoms with van der Waals surface area (Å²) in [6.45, 7) is 6.41. The molecule has 2 N–H and O–H groups in total. The minimum absolute atomic E-state index is 0.0755. The van der Waals surface area contributed by atoms with Crippen LogP contribution in [-0.2, 0) is 5.41 Å². The second-order valence-corrected chi connectivity index (χ2v) is 5.78. The molecule has 2 aromatic rings. The number of rotatable bonds is 3. The second kappa shape index (κ2) is 5.09. The Morgan fingerprint density at radius 1 is 1.15 bits per heavy atom. The quantitative estimate of drug-likeness (QED) is 0.685. The first-order chi connectivity index (χ1) is 9.29. The van der Waals surface area contributed by atoms with E-state index in [2.05, 4.69) is 20.8 Å². The number of nitro groups is 1. The molecule has 20 heavy (non-hydrogen) atoms. The predicted molar refractivity (Wildman–Crippen MR) is 76.5 cm³/mol. The average molecular weight is 274 g/mol. The Balaban J connectivity index is 2.24. The zero-order valence-corrected chi connectivity index (χ0v) is 11.8. The molecule has 0 spiro atoms. The average Bonchev–Trinajstić information content (AvgIpc) is 2.86. The normalized spacial score (nSPS) is 13.2. The topological polar surface area (TPSA) is 82.3 Å². The van der Waals surface area contributed by atoms with Crippen molar-refractivity contribution in [3.63, 3.8) is 0 Å². The van der Waals surface area contributed by atoms with Gasteiger partial charge in [-0.25, -0.2) is 0 Å². The SMILES string of the molecule is CC(C)(C)c1ccc(C(N)c2ccc([N+](=O)[O-])o2)cc1. The van der Waals surface area contributed by atoms with Gasteiger partial charge in [-0.05, 0) is 22.6 Å². The third-order valence-corrected chi connectivity index (χ3v) is 3.23. The van der Waals surface area contributed by atoms with Crippen LogP contribution < -0.4 is 5.73 Å². The molecule has 0 saturated heterocycles. The van der Waals surface area contributed by atoms with Gasteiger partial charge in [-0.3, -0.25) is 10.1 Å². The van der Waals surface area contributed by atoms with E-state index >= 15 is 0 Å². The Hall–Kier alpha value is -2.14.